The minimum Gasteiger partial charge on any atom is -0.480 e. The Bertz CT molecular complexity index is 812. The van der Waals surface area contributed by atoms with Crippen LogP contribution in [0.15, 0.2) is 46.9 Å². The molecule has 1 unspecified atom stereocenters. The first kappa shape index (κ1) is 21.1. The number of amides is 1. The predicted octanol–water partition coefficient (Wildman–Crippen LogP) is 4.02. The van der Waals surface area contributed by atoms with Gasteiger partial charge in [0.15, 0.2) is 6.10 Å². The van der Waals surface area contributed by atoms with E-state index in [4.69, 9.17) is 21.1 Å². The molecular weight excluding hydrogens is 444 g/mol. The number of nitrogens with one attached hydrogen (secondary N) is 1. The summed E-state index contributed by atoms with van der Waals surface area (Å²) in [5, 5.41) is 3.55. The van der Waals surface area contributed by atoms with E-state index in [1.54, 1.807) is 25.1 Å². The van der Waals surface area contributed by atoms with Gasteiger partial charge < -0.3 is 14.8 Å². The number of hydrogen-bond donors (Lipinski definition) is 1. The molecule has 28 heavy (non-hydrogen) atoms. The molecule has 1 saturated heterocycles. The Labute approximate surface area is 179 Å². The summed E-state index contributed by atoms with van der Waals surface area (Å²) in [5.41, 5.74) is 2.31. The van der Waals surface area contributed by atoms with Crippen LogP contribution in [0.1, 0.15) is 18.1 Å². The van der Waals surface area contributed by atoms with Crippen molar-refractivity contribution in [1.29, 1.82) is 0 Å². The Kier molecular flexibility index (Phi) is 7.73. The molecule has 1 aliphatic rings. The molecule has 1 atom stereocenters. The van der Waals surface area contributed by atoms with Gasteiger partial charge in [-0.1, -0.05) is 35.9 Å². The zero-order chi connectivity index (χ0) is 19.9. The highest BCUT2D eigenvalue weighted by Gasteiger charge is 2.16. The third-order valence-corrected chi connectivity index (χ3v) is 5.39. The number of hydrogen-bond acceptors (Lipinski definition) is 4. The Balaban J connectivity index is 1.51. The van der Waals surface area contributed by atoms with Crippen LogP contribution in [0.2, 0.25) is 5.02 Å². The highest BCUT2D eigenvalue weighted by atomic mass is 79.9. The minimum atomic E-state index is -0.617. The van der Waals surface area contributed by atoms with Crippen LogP contribution in [0.4, 0.5) is 0 Å². The summed E-state index contributed by atoms with van der Waals surface area (Å²) < 4.78 is 11.9. The van der Waals surface area contributed by atoms with Gasteiger partial charge in [0.1, 0.15) is 5.75 Å². The number of carbonyl (C=O) groups excluding carboxylic acids is 1. The zero-order valence-corrected chi connectivity index (χ0v) is 18.1. The molecule has 1 N–H and O–H groups in total. The number of benzene rings is 2. The SMILES string of the molecule is CC(Oc1ccc(Cl)cc1Br)C(=O)NCc1cccc(CN2CCOCC2)c1. The molecular formula is C21H24BrClN2O3. The molecule has 1 fully saturated rings. The van der Waals surface area contributed by atoms with Crippen LogP contribution in [0.25, 0.3) is 0 Å². The summed E-state index contributed by atoms with van der Waals surface area (Å²) in [6.45, 7) is 6.58. The lowest BCUT2D eigenvalue weighted by Crippen LogP contribution is -2.36. The normalized spacial score (nSPS) is 15.8. The van der Waals surface area contributed by atoms with E-state index in [9.17, 15) is 4.79 Å². The van der Waals surface area contributed by atoms with Crippen LogP contribution < -0.4 is 10.1 Å². The van der Waals surface area contributed by atoms with Gasteiger partial charge in [-0.05, 0) is 52.2 Å². The fraction of sp³-hybridized carbons (Fsp3) is 0.381. The van der Waals surface area contributed by atoms with Crippen LogP contribution in [0, 0.1) is 0 Å². The molecule has 3 rings (SSSR count). The van der Waals surface area contributed by atoms with Crippen molar-refractivity contribution in [2.75, 3.05) is 26.3 Å². The molecule has 150 valence electrons. The van der Waals surface area contributed by atoms with Crippen LogP contribution in [0.3, 0.4) is 0 Å². The van der Waals surface area contributed by atoms with Crippen LogP contribution in [-0.2, 0) is 22.6 Å². The summed E-state index contributed by atoms with van der Waals surface area (Å²) >= 11 is 9.33. The molecule has 0 saturated carbocycles. The van der Waals surface area contributed by atoms with E-state index in [1.807, 2.05) is 12.1 Å². The molecule has 2 aromatic carbocycles. The Morgan fingerprint density at radius 1 is 1.25 bits per heavy atom. The van der Waals surface area contributed by atoms with Gasteiger partial charge in [-0.25, -0.2) is 0 Å². The number of morpholine rings is 1. The lowest BCUT2D eigenvalue weighted by Gasteiger charge is -2.26. The average molecular weight is 468 g/mol. The maximum atomic E-state index is 12.4. The van der Waals surface area contributed by atoms with Crippen molar-refractivity contribution in [3.05, 3.63) is 63.1 Å². The van der Waals surface area contributed by atoms with E-state index in [-0.39, 0.29) is 5.91 Å². The monoisotopic (exact) mass is 466 g/mol. The lowest BCUT2D eigenvalue weighted by molar-refractivity contribution is -0.127. The Morgan fingerprint density at radius 2 is 2.00 bits per heavy atom. The minimum absolute atomic E-state index is 0.166. The highest BCUT2D eigenvalue weighted by molar-refractivity contribution is 9.10. The van der Waals surface area contributed by atoms with Crippen molar-refractivity contribution >= 4 is 33.4 Å². The quantitative estimate of drug-likeness (QED) is 0.668. The second-order valence-corrected chi connectivity index (χ2v) is 8.05. The molecule has 0 aliphatic carbocycles. The van der Waals surface area contributed by atoms with Crippen LogP contribution >= 0.6 is 27.5 Å². The fourth-order valence-corrected chi connectivity index (χ4v) is 3.78. The number of nitrogens with zero attached hydrogens (tertiary/aromatic N) is 1. The van der Waals surface area contributed by atoms with Crippen molar-refractivity contribution in [1.82, 2.24) is 10.2 Å². The third kappa shape index (κ3) is 6.21. The average Bonchev–Trinajstić information content (AvgIpc) is 2.69. The summed E-state index contributed by atoms with van der Waals surface area (Å²) in [6, 6.07) is 13.5. The molecule has 0 bridgehead atoms. The first-order valence-corrected chi connectivity index (χ1v) is 10.5. The maximum absolute atomic E-state index is 12.4. The number of carbonyl (C=O) groups is 1. The molecule has 1 heterocycles. The Morgan fingerprint density at radius 3 is 2.75 bits per heavy atom. The molecule has 0 spiro atoms. The first-order chi connectivity index (χ1) is 13.5. The molecule has 5 nitrogen and oxygen atoms in total. The summed E-state index contributed by atoms with van der Waals surface area (Å²) in [7, 11) is 0. The smallest absolute Gasteiger partial charge is 0.261 e. The van der Waals surface area contributed by atoms with E-state index < -0.39 is 6.10 Å². The molecule has 0 aromatic heterocycles. The molecule has 2 aromatic rings. The van der Waals surface area contributed by atoms with Gasteiger partial charge in [-0.15, -0.1) is 0 Å². The van der Waals surface area contributed by atoms with Crippen molar-refractivity contribution in [3.63, 3.8) is 0 Å². The largest absolute Gasteiger partial charge is 0.480 e. The first-order valence-electron chi connectivity index (χ1n) is 9.28. The second kappa shape index (κ2) is 10.3. The van der Waals surface area contributed by atoms with Crippen molar-refractivity contribution < 1.29 is 14.3 Å². The van der Waals surface area contributed by atoms with E-state index >= 15 is 0 Å². The maximum Gasteiger partial charge on any atom is 0.261 e. The van der Waals surface area contributed by atoms with Crippen LogP contribution in [-0.4, -0.2) is 43.2 Å². The summed E-state index contributed by atoms with van der Waals surface area (Å²) in [4.78, 5) is 14.8. The molecule has 0 radical (unpaired) electrons. The molecule has 1 aliphatic heterocycles. The van der Waals surface area contributed by atoms with E-state index in [2.05, 4.69) is 38.3 Å². The van der Waals surface area contributed by atoms with Gasteiger partial charge in [0.05, 0.1) is 17.7 Å². The number of halogens is 2. The van der Waals surface area contributed by atoms with Crippen molar-refractivity contribution in [2.24, 2.45) is 0 Å². The topological polar surface area (TPSA) is 50.8 Å². The van der Waals surface area contributed by atoms with Crippen LogP contribution in [0.5, 0.6) is 5.75 Å². The second-order valence-electron chi connectivity index (χ2n) is 6.76. The van der Waals surface area contributed by atoms with Crippen molar-refractivity contribution in [2.45, 2.75) is 26.1 Å². The summed E-state index contributed by atoms with van der Waals surface area (Å²) in [5.74, 6) is 0.417. The zero-order valence-electron chi connectivity index (χ0n) is 15.8. The Hall–Kier alpha value is -1.60. The van der Waals surface area contributed by atoms with E-state index in [0.29, 0.717) is 17.3 Å². The van der Waals surface area contributed by atoms with Gasteiger partial charge in [0, 0.05) is 31.2 Å². The van der Waals surface area contributed by atoms with Gasteiger partial charge in [0.25, 0.3) is 5.91 Å². The van der Waals surface area contributed by atoms with Gasteiger partial charge in [-0.3, -0.25) is 9.69 Å². The predicted molar refractivity (Wildman–Crippen MR) is 114 cm³/mol. The molecule has 1 amide bonds. The van der Waals surface area contributed by atoms with Crippen molar-refractivity contribution in [3.8, 4) is 5.75 Å². The summed E-state index contributed by atoms with van der Waals surface area (Å²) in [6.07, 6.45) is -0.617. The number of ether oxygens (including phenoxy) is 2. The third-order valence-electron chi connectivity index (χ3n) is 4.53. The van der Waals surface area contributed by atoms with E-state index in [1.165, 1.54) is 5.56 Å². The van der Waals surface area contributed by atoms with Gasteiger partial charge in [-0.2, -0.15) is 0 Å². The fourth-order valence-electron chi connectivity index (χ4n) is 3.00. The lowest BCUT2D eigenvalue weighted by atomic mass is 10.1. The highest BCUT2D eigenvalue weighted by Crippen LogP contribution is 2.28. The number of rotatable bonds is 7. The van der Waals surface area contributed by atoms with E-state index in [0.717, 1.165) is 42.9 Å². The van der Waals surface area contributed by atoms with Gasteiger partial charge in [0.2, 0.25) is 0 Å². The van der Waals surface area contributed by atoms with Gasteiger partial charge >= 0.3 is 0 Å². The molecule has 7 heteroatoms. The standard InChI is InChI=1S/C21H24BrClN2O3/c1-15(28-20-6-5-18(23)12-19(20)22)21(26)24-13-16-3-2-4-17(11-16)14-25-7-9-27-10-8-25/h2-6,11-12,15H,7-10,13-14H2,1H3,(H,24,26).